The maximum absolute atomic E-state index is 12.3. The van der Waals surface area contributed by atoms with Crippen molar-refractivity contribution in [2.24, 2.45) is 0 Å². The lowest BCUT2D eigenvalue weighted by Crippen LogP contribution is -2.23. The molecule has 0 aliphatic heterocycles. The zero-order valence-electron chi connectivity index (χ0n) is 14.2. The lowest BCUT2D eigenvalue weighted by molar-refractivity contribution is -0.130. The standard InChI is InChI=1S/C19H17NO5S/c1-2-26(23,24)13-5-7-14-11(9-13)3-8-17-18(14)19(20-25-17)15-6-4-12(21)10-16(15)22/h3,5,7-9,15H,2,4,6,10H2,1H3/t15-/m1/s1. The number of aromatic nitrogens is 1. The molecule has 0 bridgehead atoms. The van der Waals surface area contributed by atoms with Crippen LogP contribution in [0.1, 0.15) is 37.8 Å². The molecule has 0 spiro atoms. The number of fused-ring (bicyclic) bond motifs is 3. The number of carbonyl (C=O) groups is 2. The molecule has 134 valence electrons. The quantitative estimate of drug-likeness (QED) is 0.656. The normalized spacial score (nSPS) is 18.7. The van der Waals surface area contributed by atoms with Crippen molar-refractivity contribution in [3.8, 4) is 0 Å². The number of rotatable bonds is 3. The first-order chi connectivity index (χ1) is 12.4. The van der Waals surface area contributed by atoms with Crippen LogP contribution in [-0.2, 0) is 19.4 Å². The van der Waals surface area contributed by atoms with E-state index in [4.69, 9.17) is 4.52 Å². The molecular formula is C19H17NO5S. The number of hydrogen-bond acceptors (Lipinski definition) is 6. The Morgan fingerprint density at radius 2 is 2.00 bits per heavy atom. The minimum atomic E-state index is -3.31. The van der Waals surface area contributed by atoms with E-state index in [1.807, 2.05) is 0 Å². The van der Waals surface area contributed by atoms with Crippen LogP contribution in [0.4, 0.5) is 0 Å². The van der Waals surface area contributed by atoms with E-state index in [2.05, 4.69) is 5.16 Å². The summed E-state index contributed by atoms with van der Waals surface area (Å²) in [6.07, 6.45) is 0.717. The molecule has 1 saturated carbocycles. The molecule has 0 amide bonds. The number of sulfone groups is 1. The smallest absolute Gasteiger partial charge is 0.178 e. The van der Waals surface area contributed by atoms with Crippen molar-refractivity contribution >= 4 is 43.1 Å². The van der Waals surface area contributed by atoms with Gasteiger partial charge in [-0.05, 0) is 35.4 Å². The molecule has 1 heterocycles. The number of ketones is 2. The molecule has 26 heavy (non-hydrogen) atoms. The fourth-order valence-corrected chi connectivity index (χ4v) is 4.45. The van der Waals surface area contributed by atoms with Gasteiger partial charge in [-0.25, -0.2) is 8.42 Å². The molecule has 1 fully saturated rings. The monoisotopic (exact) mass is 371 g/mol. The number of hydrogen-bond donors (Lipinski definition) is 0. The SMILES string of the molecule is CCS(=O)(=O)c1ccc2c(ccc3onc([C@@H]4CCC(=O)CC4=O)c32)c1. The summed E-state index contributed by atoms with van der Waals surface area (Å²) >= 11 is 0. The van der Waals surface area contributed by atoms with Crippen LogP contribution in [0.15, 0.2) is 39.8 Å². The molecule has 1 aromatic heterocycles. The second-order valence-electron chi connectivity index (χ2n) is 6.57. The van der Waals surface area contributed by atoms with Crippen LogP contribution >= 0.6 is 0 Å². The van der Waals surface area contributed by atoms with Gasteiger partial charge in [-0.15, -0.1) is 0 Å². The molecule has 7 heteroatoms. The number of Topliss-reactive ketones (excluding diaryl/α,β-unsaturated/α-hetero) is 2. The molecular weight excluding hydrogens is 354 g/mol. The van der Waals surface area contributed by atoms with Gasteiger partial charge >= 0.3 is 0 Å². The zero-order valence-corrected chi connectivity index (χ0v) is 15.0. The Hall–Kier alpha value is -2.54. The minimum Gasteiger partial charge on any atom is -0.356 e. The van der Waals surface area contributed by atoms with Gasteiger partial charge in [0.25, 0.3) is 0 Å². The van der Waals surface area contributed by atoms with E-state index in [0.717, 1.165) is 16.2 Å². The molecule has 2 aromatic carbocycles. The molecule has 0 N–H and O–H groups in total. The average Bonchev–Trinajstić information content (AvgIpc) is 3.05. The van der Waals surface area contributed by atoms with E-state index in [0.29, 0.717) is 24.1 Å². The summed E-state index contributed by atoms with van der Waals surface area (Å²) in [7, 11) is -3.31. The molecule has 4 rings (SSSR count). The third-order valence-electron chi connectivity index (χ3n) is 4.99. The Labute approximate surface area is 150 Å². The van der Waals surface area contributed by atoms with Crippen LogP contribution in [0.2, 0.25) is 0 Å². The minimum absolute atomic E-state index is 0.0316. The van der Waals surface area contributed by atoms with Crippen molar-refractivity contribution in [2.45, 2.75) is 37.0 Å². The highest BCUT2D eigenvalue weighted by Crippen LogP contribution is 2.37. The topological polar surface area (TPSA) is 94.3 Å². The van der Waals surface area contributed by atoms with Gasteiger partial charge in [-0.1, -0.05) is 24.2 Å². The molecule has 1 atom stereocenters. The van der Waals surface area contributed by atoms with E-state index >= 15 is 0 Å². The Balaban J connectivity index is 1.91. The van der Waals surface area contributed by atoms with Crippen molar-refractivity contribution in [1.82, 2.24) is 5.16 Å². The maximum Gasteiger partial charge on any atom is 0.178 e. The van der Waals surface area contributed by atoms with Gasteiger partial charge in [0.2, 0.25) is 0 Å². The summed E-state index contributed by atoms with van der Waals surface area (Å²) in [6.45, 7) is 1.61. The summed E-state index contributed by atoms with van der Waals surface area (Å²) in [5.41, 5.74) is 1.08. The Morgan fingerprint density at radius 3 is 2.73 bits per heavy atom. The summed E-state index contributed by atoms with van der Waals surface area (Å²) in [4.78, 5) is 24.1. The Kier molecular flexibility index (Phi) is 3.91. The van der Waals surface area contributed by atoms with Crippen molar-refractivity contribution in [3.63, 3.8) is 0 Å². The molecule has 0 saturated heterocycles. The van der Waals surface area contributed by atoms with E-state index in [1.165, 1.54) is 0 Å². The van der Waals surface area contributed by atoms with E-state index in [1.54, 1.807) is 37.3 Å². The first-order valence-electron chi connectivity index (χ1n) is 8.50. The van der Waals surface area contributed by atoms with Crippen molar-refractivity contribution < 1.29 is 22.5 Å². The van der Waals surface area contributed by atoms with Gasteiger partial charge in [-0.3, -0.25) is 9.59 Å². The molecule has 6 nitrogen and oxygen atoms in total. The highest BCUT2D eigenvalue weighted by molar-refractivity contribution is 7.91. The highest BCUT2D eigenvalue weighted by Gasteiger charge is 2.32. The van der Waals surface area contributed by atoms with Crippen LogP contribution in [0.3, 0.4) is 0 Å². The van der Waals surface area contributed by atoms with Gasteiger partial charge < -0.3 is 4.52 Å². The van der Waals surface area contributed by atoms with Gasteiger partial charge in [-0.2, -0.15) is 0 Å². The fraction of sp³-hybridized carbons (Fsp3) is 0.316. The van der Waals surface area contributed by atoms with Crippen LogP contribution in [0.5, 0.6) is 0 Å². The molecule has 0 unspecified atom stereocenters. The summed E-state index contributed by atoms with van der Waals surface area (Å²) in [6, 6.07) is 8.46. The predicted molar refractivity (Wildman–Crippen MR) is 95.8 cm³/mol. The number of nitrogens with zero attached hydrogens (tertiary/aromatic N) is 1. The third kappa shape index (κ3) is 2.63. The average molecular weight is 371 g/mol. The lowest BCUT2D eigenvalue weighted by atomic mass is 9.83. The summed E-state index contributed by atoms with van der Waals surface area (Å²) < 4.78 is 29.7. The first kappa shape index (κ1) is 16.9. The van der Waals surface area contributed by atoms with Crippen molar-refractivity contribution in [1.29, 1.82) is 0 Å². The maximum atomic E-state index is 12.3. The Bertz CT molecular complexity index is 1160. The van der Waals surface area contributed by atoms with Gasteiger partial charge in [0, 0.05) is 6.42 Å². The predicted octanol–water partition coefficient (Wildman–Crippen LogP) is 3.18. The van der Waals surface area contributed by atoms with Gasteiger partial charge in [0.05, 0.1) is 28.4 Å². The van der Waals surface area contributed by atoms with Gasteiger partial charge in [0.1, 0.15) is 17.3 Å². The highest BCUT2D eigenvalue weighted by atomic mass is 32.2. The lowest BCUT2D eigenvalue weighted by Gasteiger charge is -2.18. The number of benzene rings is 2. The number of carbonyl (C=O) groups excluding carboxylic acids is 2. The van der Waals surface area contributed by atoms with Crippen LogP contribution in [-0.4, -0.2) is 30.9 Å². The second kappa shape index (κ2) is 6.02. The molecule has 3 aromatic rings. The van der Waals surface area contributed by atoms with Crippen LogP contribution in [0.25, 0.3) is 21.7 Å². The van der Waals surface area contributed by atoms with Crippen molar-refractivity contribution in [3.05, 3.63) is 36.0 Å². The molecule has 1 aliphatic rings. The largest absolute Gasteiger partial charge is 0.356 e. The van der Waals surface area contributed by atoms with Crippen molar-refractivity contribution in [2.75, 3.05) is 5.75 Å². The zero-order chi connectivity index (χ0) is 18.5. The third-order valence-corrected chi connectivity index (χ3v) is 6.72. The second-order valence-corrected chi connectivity index (χ2v) is 8.84. The Morgan fingerprint density at radius 1 is 1.19 bits per heavy atom. The van der Waals surface area contributed by atoms with E-state index in [-0.39, 0.29) is 28.6 Å². The first-order valence-corrected chi connectivity index (χ1v) is 10.1. The summed E-state index contributed by atoms with van der Waals surface area (Å²) in [5, 5.41) is 6.36. The summed E-state index contributed by atoms with van der Waals surface area (Å²) in [5.74, 6) is -0.611. The van der Waals surface area contributed by atoms with E-state index < -0.39 is 15.8 Å². The van der Waals surface area contributed by atoms with Crippen LogP contribution in [0, 0.1) is 0 Å². The van der Waals surface area contributed by atoms with Gasteiger partial charge in [0.15, 0.2) is 15.4 Å². The van der Waals surface area contributed by atoms with Crippen LogP contribution < -0.4 is 0 Å². The van der Waals surface area contributed by atoms with E-state index in [9.17, 15) is 18.0 Å². The molecule has 0 radical (unpaired) electrons. The fourth-order valence-electron chi connectivity index (χ4n) is 3.53. The molecule has 1 aliphatic carbocycles.